The van der Waals surface area contributed by atoms with E-state index in [9.17, 15) is 22.4 Å². The van der Waals surface area contributed by atoms with Crippen LogP contribution in [0.2, 0.25) is 0 Å². The molecule has 0 saturated carbocycles. The smallest absolute Gasteiger partial charge is 0.321 e. The van der Waals surface area contributed by atoms with Crippen molar-refractivity contribution >= 4 is 27.6 Å². The van der Waals surface area contributed by atoms with Crippen LogP contribution in [0, 0.1) is 5.82 Å². The number of carbonyl (C=O) groups excluding carboxylic acids is 2. The maximum absolute atomic E-state index is 13.0. The van der Waals surface area contributed by atoms with Crippen LogP contribution >= 0.6 is 0 Å². The van der Waals surface area contributed by atoms with Crippen LogP contribution in [0.5, 0.6) is 0 Å². The zero-order valence-electron chi connectivity index (χ0n) is 17.9. The lowest BCUT2D eigenvalue weighted by Gasteiger charge is -2.19. The summed E-state index contributed by atoms with van der Waals surface area (Å²) in [6.45, 7) is -0.749. The third-order valence-electron chi connectivity index (χ3n) is 4.53. The number of hydrogen-bond acceptors (Lipinski definition) is 6. The van der Waals surface area contributed by atoms with Gasteiger partial charge in [0.15, 0.2) is 6.61 Å². The van der Waals surface area contributed by atoms with Crippen LogP contribution in [0.4, 0.5) is 10.1 Å². The van der Waals surface area contributed by atoms with Crippen molar-refractivity contribution in [3.8, 4) is 0 Å². The van der Waals surface area contributed by atoms with Gasteiger partial charge in [-0.2, -0.15) is 4.31 Å². The number of anilines is 1. The summed E-state index contributed by atoms with van der Waals surface area (Å²) in [5, 5.41) is 0. The molecule has 2 aromatic carbocycles. The summed E-state index contributed by atoms with van der Waals surface area (Å²) >= 11 is 0. The molecular weight excluding hydrogens is 425 g/mol. The predicted molar refractivity (Wildman–Crippen MR) is 114 cm³/mol. The summed E-state index contributed by atoms with van der Waals surface area (Å²) in [5.41, 5.74) is 1.95. The van der Waals surface area contributed by atoms with E-state index in [4.69, 9.17) is 4.74 Å². The van der Waals surface area contributed by atoms with Crippen LogP contribution in [0.25, 0.3) is 0 Å². The van der Waals surface area contributed by atoms with Gasteiger partial charge in [0, 0.05) is 40.4 Å². The molecule has 10 heteroatoms. The van der Waals surface area contributed by atoms with E-state index in [1.807, 2.05) is 43.3 Å². The fourth-order valence-corrected chi connectivity index (χ4v) is 3.73. The molecule has 0 aliphatic heterocycles. The number of hydrogen-bond donors (Lipinski definition) is 0. The maximum atomic E-state index is 13.0. The Morgan fingerprint density at radius 3 is 2.06 bits per heavy atom. The minimum atomic E-state index is -3.99. The molecule has 2 rings (SSSR count). The molecular formula is C21H26FN3O5S. The van der Waals surface area contributed by atoms with Gasteiger partial charge in [0.05, 0.1) is 4.90 Å². The molecule has 0 saturated heterocycles. The van der Waals surface area contributed by atoms with Gasteiger partial charge in [0.2, 0.25) is 10.0 Å². The molecule has 0 unspecified atom stereocenters. The first kappa shape index (κ1) is 24.3. The first-order valence-electron chi connectivity index (χ1n) is 9.38. The van der Waals surface area contributed by atoms with Crippen LogP contribution in [-0.4, -0.2) is 70.8 Å². The number of benzene rings is 2. The summed E-state index contributed by atoms with van der Waals surface area (Å²) in [7, 11) is 2.66. The van der Waals surface area contributed by atoms with Crippen LogP contribution < -0.4 is 4.90 Å². The van der Waals surface area contributed by atoms with E-state index < -0.39 is 40.9 Å². The molecule has 1 amide bonds. The predicted octanol–water partition coefficient (Wildman–Crippen LogP) is 1.71. The highest BCUT2D eigenvalue weighted by molar-refractivity contribution is 7.89. The van der Waals surface area contributed by atoms with E-state index in [1.54, 1.807) is 7.05 Å². The molecule has 8 nitrogen and oxygen atoms in total. The van der Waals surface area contributed by atoms with Crippen molar-refractivity contribution in [3.63, 3.8) is 0 Å². The Kier molecular flexibility index (Phi) is 8.12. The van der Waals surface area contributed by atoms with Crippen molar-refractivity contribution in [3.05, 3.63) is 59.9 Å². The highest BCUT2D eigenvalue weighted by Gasteiger charge is 2.24. The zero-order chi connectivity index (χ0) is 23.2. The number of rotatable bonds is 9. The summed E-state index contributed by atoms with van der Waals surface area (Å²) in [6.07, 6.45) is 0. The second-order valence-electron chi connectivity index (χ2n) is 7.19. The van der Waals surface area contributed by atoms with Crippen molar-refractivity contribution in [1.29, 1.82) is 0 Å². The summed E-state index contributed by atoms with van der Waals surface area (Å²) in [5.74, 6) is -1.86. The largest absolute Gasteiger partial charge is 0.455 e. The van der Waals surface area contributed by atoms with Gasteiger partial charge in [0.1, 0.15) is 12.4 Å². The second kappa shape index (κ2) is 10.4. The fraction of sp³-hybridized carbons (Fsp3) is 0.333. The number of ether oxygens (including phenoxy) is 1. The van der Waals surface area contributed by atoms with E-state index in [-0.39, 0.29) is 4.90 Å². The lowest BCUT2D eigenvalue weighted by Crippen LogP contribution is -2.35. The molecule has 0 spiro atoms. The van der Waals surface area contributed by atoms with Gasteiger partial charge in [-0.1, -0.05) is 12.1 Å². The SMILES string of the molecule is CN(Cc1ccc(N(C)C)cc1)C(=O)COC(=O)CN(C)S(=O)(=O)c1ccc(F)cc1. The Labute approximate surface area is 181 Å². The number of sulfonamides is 1. The molecule has 0 aromatic heterocycles. The van der Waals surface area contributed by atoms with Gasteiger partial charge in [0.25, 0.3) is 5.91 Å². The summed E-state index contributed by atoms with van der Waals surface area (Å²) in [4.78, 5) is 27.5. The second-order valence-corrected chi connectivity index (χ2v) is 9.23. The Morgan fingerprint density at radius 2 is 1.52 bits per heavy atom. The molecule has 0 aliphatic carbocycles. The molecule has 0 N–H and O–H groups in total. The van der Waals surface area contributed by atoms with E-state index in [0.29, 0.717) is 6.54 Å². The number of carbonyl (C=O) groups is 2. The van der Waals surface area contributed by atoms with Gasteiger partial charge >= 0.3 is 5.97 Å². The summed E-state index contributed by atoms with van der Waals surface area (Å²) < 4.78 is 43.5. The monoisotopic (exact) mass is 451 g/mol. The Bertz CT molecular complexity index is 1010. The number of amides is 1. The average molecular weight is 452 g/mol. The van der Waals surface area contributed by atoms with Crippen molar-refractivity contribution < 1.29 is 27.1 Å². The quantitative estimate of drug-likeness (QED) is 0.540. The first-order chi connectivity index (χ1) is 14.5. The lowest BCUT2D eigenvalue weighted by molar-refractivity contribution is -0.151. The average Bonchev–Trinajstić information content (AvgIpc) is 2.72. The van der Waals surface area contributed by atoms with E-state index in [1.165, 1.54) is 11.9 Å². The topological polar surface area (TPSA) is 87.2 Å². The van der Waals surface area contributed by atoms with Gasteiger partial charge in [-0.25, -0.2) is 12.8 Å². The van der Waals surface area contributed by atoms with Crippen molar-refractivity contribution in [1.82, 2.24) is 9.21 Å². The van der Waals surface area contributed by atoms with E-state index in [2.05, 4.69) is 0 Å². The highest BCUT2D eigenvalue weighted by Crippen LogP contribution is 2.15. The van der Waals surface area contributed by atoms with Crippen molar-refractivity contribution in [2.45, 2.75) is 11.4 Å². The molecule has 0 bridgehead atoms. The van der Waals surface area contributed by atoms with Gasteiger partial charge in [-0.05, 0) is 42.0 Å². The molecule has 0 heterocycles. The molecule has 2 aromatic rings. The fourth-order valence-electron chi connectivity index (χ4n) is 2.61. The number of esters is 1. The lowest BCUT2D eigenvalue weighted by atomic mass is 10.2. The molecule has 168 valence electrons. The Balaban J connectivity index is 1.85. The van der Waals surface area contributed by atoms with Crippen LogP contribution in [-0.2, 0) is 30.9 Å². The minimum Gasteiger partial charge on any atom is -0.455 e. The minimum absolute atomic E-state index is 0.153. The van der Waals surface area contributed by atoms with Crippen LogP contribution in [0.1, 0.15) is 5.56 Å². The standard InChI is InChI=1S/C21H26FN3O5S/c1-23(2)18-9-5-16(6-10-18)13-24(3)20(26)15-30-21(27)14-25(4)31(28,29)19-11-7-17(22)8-12-19/h5-12H,13-15H2,1-4H3. The third-order valence-corrected chi connectivity index (χ3v) is 6.35. The molecule has 0 aliphatic rings. The van der Waals surface area contributed by atoms with Crippen LogP contribution in [0.15, 0.2) is 53.4 Å². The van der Waals surface area contributed by atoms with Gasteiger partial charge in [-0.3, -0.25) is 9.59 Å². The van der Waals surface area contributed by atoms with Crippen molar-refractivity contribution in [2.75, 3.05) is 46.2 Å². The summed E-state index contributed by atoms with van der Waals surface area (Å²) in [6, 6.07) is 11.9. The van der Waals surface area contributed by atoms with Gasteiger partial charge < -0.3 is 14.5 Å². The van der Waals surface area contributed by atoms with Gasteiger partial charge in [-0.15, -0.1) is 0 Å². The van der Waals surface area contributed by atoms with Crippen molar-refractivity contribution in [2.24, 2.45) is 0 Å². The molecule has 0 atom stereocenters. The highest BCUT2D eigenvalue weighted by atomic mass is 32.2. The third kappa shape index (κ3) is 6.76. The molecule has 0 radical (unpaired) electrons. The van der Waals surface area contributed by atoms with E-state index in [0.717, 1.165) is 39.8 Å². The zero-order valence-corrected chi connectivity index (χ0v) is 18.7. The Morgan fingerprint density at radius 1 is 0.935 bits per heavy atom. The number of halogens is 1. The maximum Gasteiger partial charge on any atom is 0.321 e. The molecule has 31 heavy (non-hydrogen) atoms. The number of nitrogens with zero attached hydrogens (tertiary/aromatic N) is 3. The normalized spacial score (nSPS) is 11.3. The molecule has 0 fully saturated rings. The number of likely N-dealkylation sites (N-methyl/N-ethyl adjacent to an activating group) is 2. The van der Waals surface area contributed by atoms with E-state index >= 15 is 0 Å². The Hall–Kier alpha value is -2.98. The van der Waals surface area contributed by atoms with Crippen LogP contribution in [0.3, 0.4) is 0 Å². The first-order valence-corrected chi connectivity index (χ1v) is 10.8.